The summed E-state index contributed by atoms with van der Waals surface area (Å²) in [5, 5.41) is 10.8. The highest BCUT2D eigenvalue weighted by molar-refractivity contribution is 5.87. The number of para-hydroxylation sites is 1. The number of pyridine rings is 1. The Bertz CT molecular complexity index is 503. The smallest absolute Gasteiger partial charge is 0.141 e. The van der Waals surface area contributed by atoms with Crippen molar-refractivity contribution in [2.75, 3.05) is 0 Å². The van der Waals surface area contributed by atoms with Crippen LogP contribution < -0.4 is 0 Å². The normalized spacial score (nSPS) is 11.2. The molecule has 0 spiro atoms. The largest absolute Gasteiger partial charge is 0.506 e. The maximum atomic E-state index is 9.74. The van der Waals surface area contributed by atoms with Crippen molar-refractivity contribution in [3.8, 4) is 5.75 Å². The minimum atomic E-state index is 0.262. The molecule has 2 aromatic rings. The maximum Gasteiger partial charge on any atom is 0.141 e. The molecule has 0 radical (unpaired) electrons. The number of aromatic nitrogens is 1. The van der Waals surface area contributed by atoms with E-state index in [9.17, 15) is 5.11 Å². The number of phenolic OH excluding ortho intramolecular Hbond substituents is 1. The van der Waals surface area contributed by atoms with Crippen molar-refractivity contribution in [2.45, 2.75) is 26.7 Å². The predicted octanol–water partition coefficient (Wildman–Crippen LogP) is 3.37. The van der Waals surface area contributed by atoms with E-state index in [1.807, 2.05) is 19.1 Å². The highest BCUT2D eigenvalue weighted by atomic mass is 16.3. The van der Waals surface area contributed by atoms with Crippen molar-refractivity contribution in [1.29, 1.82) is 0 Å². The van der Waals surface area contributed by atoms with Crippen molar-refractivity contribution in [3.63, 3.8) is 0 Å². The van der Waals surface area contributed by atoms with Crippen molar-refractivity contribution in [2.24, 2.45) is 0 Å². The summed E-state index contributed by atoms with van der Waals surface area (Å²) in [7, 11) is 0. The first-order valence-corrected chi connectivity index (χ1v) is 5.19. The molecule has 78 valence electrons. The summed E-state index contributed by atoms with van der Waals surface area (Å²) in [5.74, 6) is 0.703. The minimum Gasteiger partial charge on any atom is -0.506 e. The van der Waals surface area contributed by atoms with Gasteiger partial charge in [-0.1, -0.05) is 26.0 Å². The lowest BCUT2D eigenvalue weighted by molar-refractivity contribution is 0.480. The Labute approximate surface area is 89.6 Å². The fourth-order valence-electron chi connectivity index (χ4n) is 1.87. The molecule has 0 bridgehead atoms. The molecular formula is C13H15NO. The van der Waals surface area contributed by atoms with Gasteiger partial charge < -0.3 is 5.11 Å². The predicted molar refractivity (Wildman–Crippen MR) is 62.2 cm³/mol. The molecule has 1 aromatic carbocycles. The number of phenols is 1. The molecule has 0 aliphatic carbocycles. The molecular weight excluding hydrogens is 186 g/mol. The van der Waals surface area contributed by atoms with Crippen LogP contribution in [0.2, 0.25) is 0 Å². The zero-order valence-electron chi connectivity index (χ0n) is 9.28. The molecule has 0 aliphatic rings. The second-order valence-corrected chi connectivity index (χ2v) is 4.18. The van der Waals surface area contributed by atoms with Gasteiger partial charge in [-0.15, -0.1) is 0 Å². The van der Waals surface area contributed by atoms with Crippen LogP contribution in [-0.2, 0) is 0 Å². The summed E-state index contributed by atoms with van der Waals surface area (Å²) >= 11 is 0. The molecule has 2 heteroatoms. The molecule has 0 unspecified atom stereocenters. The van der Waals surface area contributed by atoms with Crippen LogP contribution in [0.3, 0.4) is 0 Å². The van der Waals surface area contributed by atoms with Gasteiger partial charge in [0.2, 0.25) is 0 Å². The third-order valence-electron chi connectivity index (χ3n) is 2.60. The van der Waals surface area contributed by atoms with E-state index in [-0.39, 0.29) is 5.75 Å². The van der Waals surface area contributed by atoms with Gasteiger partial charge in [-0.2, -0.15) is 0 Å². The van der Waals surface area contributed by atoms with Crippen LogP contribution in [0.1, 0.15) is 31.0 Å². The van der Waals surface area contributed by atoms with Gasteiger partial charge in [0.1, 0.15) is 11.3 Å². The quantitative estimate of drug-likeness (QED) is 0.767. The molecule has 0 fully saturated rings. The zero-order chi connectivity index (χ0) is 11.0. The summed E-state index contributed by atoms with van der Waals surface area (Å²) in [6, 6.07) is 7.64. The van der Waals surface area contributed by atoms with Crippen LogP contribution in [-0.4, -0.2) is 10.1 Å². The molecule has 0 atom stereocenters. The molecule has 0 aliphatic heterocycles. The summed E-state index contributed by atoms with van der Waals surface area (Å²) in [6.07, 6.45) is 0. The van der Waals surface area contributed by atoms with E-state index in [2.05, 4.69) is 24.9 Å². The lowest BCUT2D eigenvalue weighted by atomic mass is 9.98. The molecule has 2 nitrogen and oxygen atoms in total. The van der Waals surface area contributed by atoms with Crippen molar-refractivity contribution < 1.29 is 5.11 Å². The van der Waals surface area contributed by atoms with Crippen LogP contribution in [0, 0.1) is 6.92 Å². The number of hydrogen-bond donors (Lipinski definition) is 1. The maximum absolute atomic E-state index is 9.74. The first kappa shape index (κ1) is 9.97. The van der Waals surface area contributed by atoms with Gasteiger partial charge in [-0.25, -0.2) is 4.98 Å². The zero-order valence-corrected chi connectivity index (χ0v) is 9.28. The molecule has 1 N–H and O–H groups in total. The average molecular weight is 201 g/mol. The SMILES string of the molecule is Cc1cc(C(C)C)c2cccc(O)c2n1. The van der Waals surface area contributed by atoms with Crippen LogP contribution in [0.4, 0.5) is 0 Å². The minimum absolute atomic E-state index is 0.262. The molecule has 0 amide bonds. The van der Waals surface area contributed by atoms with Gasteiger partial charge >= 0.3 is 0 Å². The Balaban J connectivity index is 2.86. The Morgan fingerprint density at radius 2 is 2.00 bits per heavy atom. The average Bonchev–Trinajstić information content (AvgIpc) is 2.18. The molecule has 15 heavy (non-hydrogen) atoms. The Morgan fingerprint density at radius 1 is 1.27 bits per heavy atom. The fourth-order valence-corrected chi connectivity index (χ4v) is 1.87. The van der Waals surface area contributed by atoms with E-state index in [0.29, 0.717) is 11.4 Å². The summed E-state index contributed by atoms with van der Waals surface area (Å²) in [4.78, 5) is 4.37. The molecule has 1 aromatic heterocycles. The third kappa shape index (κ3) is 1.67. The lowest BCUT2D eigenvalue weighted by Gasteiger charge is -2.11. The van der Waals surface area contributed by atoms with Crippen LogP contribution >= 0.6 is 0 Å². The van der Waals surface area contributed by atoms with E-state index in [1.54, 1.807) is 6.07 Å². The number of nitrogens with zero attached hydrogens (tertiary/aromatic N) is 1. The Hall–Kier alpha value is -1.57. The number of benzene rings is 1. The second-order valence-electron chi connectivity index (χ2n) is 4.18. The highest BCUT2D eigenvalue weighted by Crippen LogP contribution is 2.29. The van der Waals surface area contributed by atoms with E-state index < -0.39 is 0 Å². The van der Waals surface area contributed by atoms with E-state index in [1.165, 1.54) is 5.56 Å². The number of aryl methyl sites for hydroxylation is 1. The molecule has 2 rings (SSSR count). The van der Waals surface area contributed by atoms with Crippen molar-refractivity contribution >= 4 is 10.9 Å². The van der Waals surface area contributed by atoms with Gasteiger partial charge in [0.15, 0.2) is 0 Å². The summed E-state index contributed by atoms with van der Waals surface area (Å²) < 4.78 is 0. The number of aromatic hydroxyl groups is 1. The second kappa shape index (κ2) is 3.54. The van der Waals surface area contributed by atoms with E-state index in [4.69, 9.17) is 0 Å². The summed E-state index contributed by atoms with van der Waals surface area (Å²) in [5.41, 5.74) is 2.90. The Morgan fingerprint density at radius 3 is 2.67 bits per heavy atom. The molecule has 0 saturated heterocycles. The monoisotopic (exact) mass is 201 g/mol. The first-order chi connectivity index (χ1) is 7.09. The number of fused-ring (bicyclic) bond motifs is 1. The molecule has 1 heterocycles. The third-order valence-corrected chi connectivity index (χ3v) is 2.60. The highest BCUT2D eigenvalue weighted by Gasteiger charge is 2.09. The topological polar surface area (TPSA) is 33.1 Å². The van der Waals surface area contributed by atoms with E-state index in [0.717, 1.165) is 11.1 Å². The lowest BCUT2D eigenvalue weighted by Crippen LogP contribution is -1.94. The molecule has 0 saturated carbocycles. The fraction of sp³-hybridized carbons (Fsp3) is 0.308. The van der Waals surface area contributed by atoms with Gasteiger partial charge in [0.05, 0.1) is 0 Å². The van der Waals surface area contributed by atoms with Crippen molar-refractivity contribution in [3.05, 3.63) is 35.5 Å². The van der Waals surface area contributed by atoms with Gasteiger partial charge in [-0.3, -0.25) is 0 Å². The first-order valence-electron chi connectivity index (χ1n) is 5.19. The van der Waals surface area contributed by atoms with Crippen molar-refractivity contribution in [1.82, 2.24) is 4.98 Å². The van der Waals surface area contributed by atoms with Crippen LogP contribution in [0.25, 0.3) is 10.9 Å². The van der Waals surface area contributed by atoms with Crippen LogP contribution in [0.15, 0.2) is 24.3 Å². The number of rotatable bonds is 1. The standard InChI is InChI=1S/C13H15NO/c1-8(2)11-7-9(3)14-13-10(11)5-4-6-12(13)15/h4-8,15H,1-3H3. The van der Waals surface area contributed by atoms with E-state index >= 15 is 0 Å². The van der Waals surface area contributed by atoms with Gasteiger partial charge in [-0.05, 0) is 30.5 Å². The van der Waals surface area contributed by atoms with Crippen LogP contribution in [0.5, 0.6) is 5.75 Å². The Kier molecular flexibility index (Phi) is 2.35. The number of hydrogen-bond acceptors (Lipinski definition) is 2. The van der Waals surface area contributed by atoms with Gasteiger partial charge in [0, 0.05) is 11.1 Å². The van der Waals surface area contributed by atoms with Gasteiger partial charge in [0.25, 0.3) is 0 Å². The summed E-state index contributed by atoms with van der Waals surface area (Å²) in [6.45, 7) is 6.26.